The Balaban J connectivity index is 1.51. The number of fused-ring (bicyclic) bond motifs is 3. The van der Waals surface area contributed by atoms with E-state index in [4.69, 9.17) is 4.74 Å². The maximum absolute atomic E-state index is 5.68. The van der Waals surface area contributed by atoms with Crippen LogP contribution in [0.15, 0.2) is 42.5 Å². The molecule has 1 fully saturated rings. The van der Waals surface area contributed by atoms with E-state index in [0.29, 0.717) is 6.10 Å². The second-order valence-electron chi connectivity index (χ2n) is 6.71. The molecule has 1 aliphatic heterocycles. The van der Waals surface area contributed by atoms with Gasteiger partial charge in [-0.15, -0.1) is 0 Å². The molecule has 1 N–H and O–H groups in total. The van der Waals surface area contributed by atoms with Gasteiger partial charge in [0.25, 0.3) is 0 Å². The van der Waals surface area contributed by atoms with Crippen LogP contribution in [-0.2, 0) is 17.8 Å². The molecule has 0 aliphatic carbocycles. The zero-order chi connectivity index (χ0) is 16.4. The first-order valence-electron chi connectivity index (χ1n) is 9.19. The number of benzene rings is 2. The fraction of sp³-hybridized carbons (Fsp3) is 0.429. The van der Waals surface area contributed by atoms with E-state index in [1.807, 2.05) is 0 Å². The number of para-hydroxylation sites is 1. The zero-order valence-electron chi connectivity index (χ0n) is 14.4. The summed E-state index contributed by atoms with van der Waals surface area (Å²) in [4.78, 5) is 0. The van der Waals surface area contributed by atoms with Crippen molar-refractivity contribution >= 4 is 21.8 Å². The summed E-state index contributed by atoms with van der Waals surface area (Å²) in [5.41, 5.74) is 4.02. The van der Waals surface area contributed by atoms with Gasteiger partial charge in [-0.1, -0.05) is 24.3 Å². The van der Waals surface area contributed by atoms with Crippen LogP contribution in [0.1, 0.15) is 31.7 Å². The van der Waals surface area contributed by atoms with Crippen LogP contribution in [0.25, 0.3) is 21.8 Å². The molecule has 1 aromatic heterocycles. The monoisotopic (exact) mass is 322 g/mol. The van der Waals surface area contributed by atoms with Gasteiger partial charge in [-0.2, -0.15) is 0 Å². The van der Waals surface area contributed by atoms with Crippen LogP contribution >= 0.6 is 0 Å². The van der Waals surface area contributed by atoms with Crippen molar-refractivity contribution in [3.63, 3.8) is 0 Å². The molecule has 1 saturated heterocycles. The summed E-state index contributed by atoms with van der Waals surface area (Å²) in [5.74, 6) is 0. The molecule has 3 nitrogen and oxygen atoms in total. The molecule has 0 spiro atoms. The number of nitrogens with zero attached hydrogens (tertiary/aromatic N) is 1. The standard InChI is InChI=1S/C21H26N2O/c1-2-23-20-8-4-3-7-18(20)19-14-16(9-10-21(19)23)15-22-12-11-17-6-5-13-24-17/h3-4,7-10,14,17,22H,2,5-6,11-13,15H2,1H3. The number of hydrogen-bond acceptors (Lipinski definition) is 2. The van der Waals surface area contributed by atoms with E-state index < -0.39 is 0 Å². The summed E-state index contributed by atoms with van der Waals surface area (Å²) in [6, 6.07) is 15.6. The quantitative estimate of drug-likeness (QED) is 0.678. The second-order valence-corrected chi connectivity index (χ2v) is 6.71. The number of aromatic nitrogens is 1. The summed E-state index contributed by atoms with van der Waals surface area (Å²) < 4.78 is 8.09. The number of aryl methyl sites for hydroxylation is 1. The second kappa shape index (κ2) is 6.96. The molecule has 24 heavy (non-hydrogen) atoms. The minimum absolute atomic E-state index is 0.475. The van der Waals surface area contributed by atoms with Gasteiger partial charge in [-0.05, 0) is 56.5 Å². The van der Waals surface area contributed by atoms with Gasteiger partial charge in [0.1, 0.15) is 0 Å². The molecule has 1 atom stereocenters. The fourth-order valence-corrected chi connectivity index (χ4v) is 3.92. The number of nitrogens with one attached hydrogen (secondary N) is 1. The van der Waals surface area contributed by atoms with E-state index in [2.05, 4.69) is 59.3 Å². The lowest BCUT2D eigenvalue weighted by molar-refractivity contribution is 0.104. The smallest absolute Gasteiger partial charge is 0.0588 e. The molecule has 2 aromatic carbocycles. The summed E-state index contributed by atoms with van der Waals surface area (Å²) in [7, 11) is 0. The third-order valence-electron chi connectivity index (χ3n) is 5.15. The van der Waals surface area contributed by atoms with Crippen molar-refractivity contribution in [1.29, 1.82) is 0 Å². The van der Waals surface area contributed by atoms with Crippen molar-refractivity contribution < 1.29 is 4.74 Å². The molecule has 1 aliphatic rings. The van der Waals surface area contributed by atoms with E-state index in [-0.39, 0.29) is 0 Å². The van der Waals surface area contributed by atoms with Gasteiger partial charge in [0.2, 0.25) is 0 Å². The zero-order valence-corrected chi connectivity index (χ0v) is 14.4. The van der Waals surface area contributed by atoms with Gasteiger partial charge < -0.3 is 14.6 Å². The third-order valence-corrected chi connectivity index (χ3v) is 5.15. The van der Waals surface area contributed by atoms with Crippen LogP contribution < -0.4 is 5.32 Å². The van der Waals surface area contributed by atoms with Crippen LogP contribution in [0.2, 0.25) is 0 Å². The van der Waals surface area contributed by atoms with Gasteiger partial charge >= 0.3 is 0 Å². The fourth-order valence-electron chi connectivity index (χ4n) is 3.92. The summed E-state index contributed by atoms with van der Waals surface area (Å²) in [5, 5.41) is 6.30. The normalized spacial score (nSPS) is 18.0. The molecular formula is C21H26N2O. The molecule has 0 radical (unpaired) electrons. The summed E-state index contributed by atoms with van der Waals surface area (Å²) >= 11 is 0. The Kier molecular flexibility index (Phi) is 4.54. The van der Waals surface area contributed by atoms with Crippen LogP contribution in [0.4, 0.5) is 0 Å². The largest absolute Gasteiger partial charge is 0.378 e. The number of rotatable bonds is 6. The highest BCUT2D eigenvalue weighted by molar-refractivity contribution is 6.08. The van der Waals surface area contributed by atoms with Crippen LogP contribution in [0.5, 0.6) is 0 Å². The van der Waals surface area contributed by atoms with Crippen molar-refractivity contribution in [3.05, 3.63) is 48.0 Å². The maximum Gasteiger partial charge on any atom is 0.0588 e. The van der Waals surface area contributed by atoms with Gasteiger partial charge in [0.15, 0.2) is 0 Å². The Labute approximate surface area is 143 Å². The van der Waals surface area contributed by atoms with Gasteiger partial charge in [0.05, 0.1) is 6.10 Å². The minimum atomic E-state index is 0.475. The molecule has 126 valence electrons. The van der Waals surface area contributed by atoms with Crippen LogP contribution in [-0.4, -0.2) is 23.8 Å². The summed E-state index contributed by atoms with van der Waals surface area (Å²) in [6.07, 6.45) is 4.05. The molecule has 0 saturated carbocycles. The lowest BCUT2D eigenvalue weighted by Crippen LogP contribution is -2.19. The topological polar surface area (TPSA) is 26.2 Å². The van der Waals surface area contributed by atoms with Crippen LogP contribution in [0.3, 0.4) is 0 Å². The van der Waals surface area contributed by atoms with Crippen molar-refractivity contribution in [2.45, 2.75) is 45.4 Å². The SMILES string of the molecule is CCn1c2ccccc2c2cc(CNCCC3CCCO3)ccc21. The maximum atomic E-state index is 5.68. The summed E-state index contributed by atoms with van der Waals surface area (Å²) in [6.45, 7) is 6.12. The van der Waals surface area contributed by atoms with Gasteiger partial charge in [-0.3, -0.25) is 0 Å². The highest BCUT2D eigenvalue weighted by Gasteiger charge is 2.14. The van der Waals surface area contributed by atoms with Crippen molar-refractivity contribution in [2.75, 3.05) is 13.2 Å². The minimum Gasteiger partial charge on any atom is -0.378 e. The van der Waals surface area contributed by atoms with E-state index in [9.17, 15) is 0 Å². The molecule has 1 unspecified atom stereocenters. The van der Waals surface area contributed by atoms with E-state index in [1.165, 1.54) is 40.2 Å². The van der Waals surface area contributed by atoms with Gasteiger partial charge in [-0.25, -0.2) is 0 Å². The first kappa shape index (κ1) is 15.7. The lowest BCUT2D eigenvalue weighted by atomic mass is 10.1. The van der Waals surface area contributed by atoms with Crippen molar-refractivity contribution in [1.82, 2.24) is 9.88 Å². The average Bonchev–Trinajstić information content (AvgIpc) is 3.24. The Morgan fingerprint density at radius 1 is 1.12 bits per heavy atom. The predicted molar refractivity (Wildman–Crippen MR) is 100 cm³/mol. The third kappa shape index (κ3) is 2.94. The Morgan fingerprint density at radius 3 is 2.83 bits per heavy atom. The molecule has 4 rings (SSSR count). The first-order chi connectivity index (χ1) is 11.9. The van der Waals surface area contributed by atoms with Crippen LogP contribution in [0, 0.1) is 0 Å². The lowest BCUT2D eigenvalue weighted by Gasteiger charge is -2.10. The van der Waals surface area contributed by atoms with E-state index in [1.54, 1.807) is 0 Å². The molecule has 2 heterocycles. The molecule has 3 aromatic rings. The number of ether oxygens (including phenoxy) is 1. The Hall–Kier alpha value is -1.84. The van der Waals surface area contributed by atoms with Gasteiger partial charge in [0, 0.05) is 41.5 Å². The molecule has 0 bridgehead atoms. The van der Waals surface area contributed by atoms with Crippen molar-refractivity contribution in [3.8, 4) is 0 Å². The highest BCUT2D eigenvalue weighted by atomic mass is 16.5. The first-order valence-corrected chi connectivity index (χ1v) is 9.19. The van der Waals surface area contributed by atoms with E-state index >= 15 is 0 Å². The van der Waals surface area contributed by atoms with Crippen molar-refractivity contribution in [2.24, 2.45) is 0 Å². The molecule has 0 amide bonds. The molecular weight excluding hydrogens is 296 g/mol. The Morgan fingerprint density at radius 2 is 2.00 bits per heavy atom. The highest BCUT2D eigenvalue weighted by Crippen LogP contribution is 2.29. The van der Waals surface area contributed by atoms with E-state index in [0.717, 1.165) is 32.7 Å². The predicted octanol–water partition coefficient (Wildman–Crippen LogP) is 4.47. The average molecular weight is 322 g/mol. The molecule has 3 heteroatoms. The Bertz CT molecular complexity index is 830. The number of hydrogen-bond donors (Lipinski definition) is 1.